The first-order chi connectivity index (χ1) is 10.8. The monoisotopic (exact) mass is 329 g/mol. The molecule has 0 radical (unpaired) electrons. The molecule has 0 aliphatic carbocycles. The van der Waals surface area contributed by atoms with E-state index in [-0.39, 0.29) is 6.54 Å². The SMILES string of the molecule is CC[C@H](C)OC(=O)[C@@H](F)ON1C(=O)N2C[C@H]1C=C(C)[C@H]2C(N)=O. The van der Waals surface area contributed by atoms with Crippen LogP contribution in [0.4, 0.5) is 9.18 Å². The quantitative estimate of drug-likeness (QED) is 0.564. The number of alkyl halides is 1. The van der Waals surface area contributed by atoms with E-state index in [1.165, 1.54) is 4.90 Å². The van der Waals surface area contributed by atoms with Gasteiger partial charge < -0.3 is 15.4 Å². The summed E-state index contributed by atoms with van der Waals surface area (Å²) in [7, 11) is 0. The summed E-state index contributed by atoms with van der Waals surface area (Å²) in [6.07, 6.45) is -0.749. The number of carbonyl (C=O) groups is 3. The van der Waals surface area contributed by atoms with Crippen LogP contribution in [0.15, 0.2) is 11.6 Å². The lowest BCUT2D eigenvalue weighted by Crippen LogP contribution is -2.48. The number of nitrogens with zero attached hydrogens (tertiary/aromatic N) is 2. The number of nitrogens with two attached hydrogens (primary N) is 1. The molecule has 0 spiro atoms. The smallest absolute Gasteiger partial charge is 0.371 e. The van der Waals surface area contributed by atoms with Crippen molar-refractivity contribution in [2.75, 3.05) is 6.54 Å². The van der Waals surface area contributed by atoms with Crippen molar-refractivity contribution in [1.82, 2.24) is 9.96 Å². The summed E-state index contributed by atoms with van der Waals surface area (Å²) in [5.74, 6) is -1.88. The summed E-state index contributed by atoms with van der Waals surface area (Å²) < 4.78 is 18.7. The predicted molar refractivity (Wildman–Crippen MR) is 76.3 cm³/mol. The molecule has 3 amide bonds. The number of hydroxylamine groups is 2. The van der Waals surface area contributed by atoms with E-state index >= 15 is 0 Å². The lowest BCUT2D eigenvalue weighted by molar-refractivity contribution is -0.225. The van der Waals surface area contributed by atoms with E-state index in [0.29, 0.717) is 12.0 Å². The molecule has 0 saturated carbocycles. The van der Waals surface area contributed by atoms with Gasteiger partial charge in [0.25, 0.3) is 0 Å². The highest BCUT2D eigenvalue weighted by atomic mass is 19.1. The van der Waals surface area contributed by atoms with Gasteiger partial charge in [-0.05, 0) is 25.8 Å². The number of fused-ring (bicyclic) bond motifs is 2. The van der Waals surface area contributed by atoms with E-state index in [9.17, 15) is 18.8 Å². The highest BCUT2D eigenvalue weighted by molar-refractivity contribution is 5.90. The van der Waals surface area contributed by atoms with Gasteiger partial charge in [-0.25, -0.2) is 18.8 Å². The number of primary amides is 1. The van der Waals surface area contributed by atoms with Crippen LogP contribution in [0.3, 0.4) is 0 Å². The van der Waals surface area contributed by atoms with Gasteiger partial charge in [-0.15, -0.1) is 0 Å². The van der Waals surface area contributed by atoms with Gasteiger partial charge in [0.1, 0.15) is 6.04 Å². The fourth-order valence-electron chi connectivity index (χ4n) is 2.58. The zero-order chi connectivity index (χ0) is 17.3. The molecule has 9 heteroatoms. The Balaban J connectivity index is 2.07. The normalized spacial score (nSPS) is 25.9. The Bertz CT molecular complexity index is 553. The Morgan fingerprint density at radius 3 is 2.74 bits per heavy atom. The highest BCUT2D eigenvalue weighted by Gasteiger charge is 2.48. The van der Waals surface area contributed by atoms with E-state index in [1.807, 2.05) is 0 Å². The topological polar surface area (TPSA) is 102 Å². The van der Waals surface area contributed by atoms with Crippen molar-refractivity contribution < 1.29 is 28.3 Å². The predicted octanol–water partition coefficient (Wildman–Crippen LogP) is 0.475. The number of rotatable bonds is 6. The molecule has 128 valence electrons. The fourth-order valence-corrected chi connectivity index (χ4v) is 2.58. The molecule has 2 heterocycles. The molecule has 0 unspecified atom stereocenters. The van der Waals surface area contributed by atoms with Crippen LogP contribution in [0.1, 0.15) is 27.2 Å². The molecule has 4 atom stereocenters. The molecule has 8 nitrogen and oxygen atoms in total. The molecule has 2 aliphatic heterocycles. The average Bonchev–Trinajstić information content (AvgIpc) is 2.71. The maximum absolute atomic E-state index is 13.9. The molecule has 0 aromatic rings. The minimum Gasteiger partial charge on any atom is -0.459 e. The molecule has 2 rings (SSSR count). The summed E-state index contributed by atoms with van der Waals surface area (Å²) in [5.41, 5.74) is 5.86. The first-order valence-electron chi connectivity index (χ1n) is 7.35. The maximum Gasteiger partial charge on any atom is 0.371 e. The minimum atomic E-state index is -2.42. The van der Waals surface area contributed by atoms with E-state index in [2.05, 4.69) is 0 Å². The van der Waals surface area contributed by atoms with Crippen molar-refractivity contribution in [2.45, 2.75) is 51.7 Å². The van der Waals surface area contributed by atoms with Crippen molar-refractivity contribution in [3.05, 3.63) is 11.6 Å². The third-order valence-corrected chi connectivity index (χ3v) is 3.87. The van der Waals surface area contributed by atoms with Crippen LogP contribution in [-0.4, -0.2) is 59.0 Å². The van der Waals surface area contributed by atoms with Gasteiger partial charge in [0.15, 0.2) is 0 Å². The van der Waals surface area contributed by atoms with Gasteiger partial charge in [0.2, 0.25) is 5.91 Å². The van der Waals surface area contributed by atoms with E-state index < -0.39 is 42.5 Å². The van der Waals surface area contributed by atoms with Crippen LogP contribution in [0.5, 0.6) is 0 Å². The largest absolute Gasteiger partial charge is 0.459 e. The number of urea groups is 1. The van der Waals surface area contributed by atoms with Gasteiger partial charge >= 0.3 is 18.4 Å². The molecule has 2 aliphatic rings. The first kappa shape index (κ1) is 17.2. The number of halogens is 1. The van der Waals surface area contributed by atoms with Gasteiger partial charge in [-0.3, -0.25) is 4.79 Å². The van der Waals surface area contributed by atoms with Crippen LogP contribution >= 0.6 is 0 Å². The standard InChI is InChI=1S/C14H20FN3O5/c1-4-8(3)22-13(20)11(15)23-18-9-5-7(2)10(12(16)19)17(6-9)14(18)21/h5,8-11H,4,6H2,1-3H3,(H2,16,19)/t8-,9+,10-,11-/m0/s1. The second-order valence-electron chi connectivity index (χ2n) is 5.62. The molecule has 2 bridgehead atoms. The third-order valence-electron chi connectivity index (χ3n) is 3.87. The molecule has 0 aromatic heterocycles. The molecule has 23 heavy (non-hydrogen) atoms. The molecule has 0 aromatic carbocycles. The lowest BCUT2D eigenvalue weighted by atomic mass is 10.0. The molecule has 2 N–H and O–H groups in total. The Labute approximate surface area is 132 Å². The van der Waals surface area contributed by atoms with Gasteiger partial charge in [-0.2, -0.15) is 5.06 Å². The Morgan fingerprint density at radius 2 is 2.17 bits per heavy atom. The van der Waals surface area contributed by atoms with Gasteiger partial charge in [0.05, 0.1) is 18.7 Å². The van der Waals surface area contributed by atoms with Crippen LogP contribution < -0.4 is 5.73 Å². The number of carbonyl (C=O) groups excluding carboxylic acids is 3. The summed E-state index contributed by atoms with van der Waals surface area (Å²) >= 11 is 0. The molecule has 1 saturated heterocycles. The van der Waals surface area contributed by atoms with E-state index in [0.717, 1.165) is 5.06 Å². The van der Waals surface area contributed by atoms with Crippen molar-refractivity contribution >= 4 is 17.9 Å². The molecule has 1 fully saturated rings. The van der Waals surface area contributed by atoms with Gasteiger partial charge in [-0.1, -0.05) is 13.0 Å². The average molecular weight is 329 g/mol. The summed E-state index contributed by atoms with van der Waals surface area (Å²) in [6, 6.07) is -2.20. The second-order valence-corrected chi connectivity index (χ2v) is 5.62. The van der Waals surface area contributed by atoms with Crippen LogP contribution in [0, 0.1) is 0 Å². The van der Waals surface area contributed by atoms with Crippen LogP contribution in [-0.2, 0) is 19.2 Å². The zero-order valence-electron chi connectivity index (χ0n) is 13.2. The number of hydrogen-bond donors (Lipinski definition) is 1. The molecular weight excluding hydrogens is 309 g/mol. The van der Waals surface area contributed by atoms with E-state index in [4.69, 9.17) is 15.3 Å². The second kappa shape index (κ2) is 6.53. The summed E-state index contributed by atoms with van der Waals surface area (Å²) in [4.78, 5) is 41.3. The summed E-state index contributed by atoms with van der Waals surface area (Å²) in [5, 5.41) is 0.745. The van der Waals surface area contributed by atoms with Crippen molar-refractivity contribution in [2.24, 2.45) is 5.73 Å². The number of ether oxygens (including phenoxy) is 1. The van der Waals surface area contributed by atoms with Crippen molar-refractivity contribution in [1.29, 1.82) is 0 Å². The Hall–Kier alpha value is -2.16. The van der Waals surface area contributed by atoms with Crippen LogP contribution in [0.25, 0.3) is 0 Å². The summed E-state index contributed by atoms with van der Waals surface area (Å²) in [6.45, 7) is 5.18. The third kappa shape index (κ3) is 3.29. The van der Waals surface area contributed by atoms with Crippen molar-refractivity contribution in [3.63, 3.8) is 0 Å². The number of amides is 3. The fraction of sp³-hybridized carbons (Fsp3) is 0.643. The Kier molecular flexibility index (Phi) is 4.88. The Morgan fingerprint density at radius 1 is 1.52 bits per heavy atom. The number of esters is 1. The highest BCUT2D eigenvalue weighted by Crippen LogP contribution is 2.30. The van der Waals surface area contributed by atoms with Gasteiger partial charge in [0, 0.05) is 0 Å². The lowest BCUT2D eigenvalue weighted by Gasteiger charge is -2.27. The first-order valence-corrected chi connectivity index (χ1v) is 7.35. The maximum atomic E-state index is 13.9. The minimum absolute atomic E-state index is 0.136. The van der Waals surface area contributed by atoms with E-state index in [1.54, 1.807) is 26.8 Å². The van der Waals surface area contributed by atoms with Crippen LogP contribution in [0.2, 0.25) is 0 Å². The zero-order valence-corrected chi connectivity index (χ0v) is 13.2. The number of hydrogen-bond acceptors (Lipinski definition) is 5. The van der Waals surface area contributed by atoms with Crippen molar-refractivity contribution in [3.8, 4) is 0 Å². The molecular formula is C14H20FN3O5.